The smallest absolute Gasteiger partial charge is 0.332 e. The van der Waals surface area contributed by atoms with Crippen molar-refractivity contribution in [1.82, 2.24) is 9.97 Å². The van der Waals surface area contributed by atoms with Gasteiger partial charge in [-0.05, 0) is 13.3 Å². The fourth-order valence-corrected chi connectivity index (χ4v) is 1.22. The number of aliphatic hydroxyl groups excluding tert-OH is 1. The first-order valence-corrected chi connectivity index (χ1v) is 4.69. The molecule has 0 spiro atoms. The van der Waals surface area contributed by atoms with Gasteiger partial charge >= 0.3 is 5.69 Å². The van der Waals surface area contributed by atoms with Crippen molar-refractivity contribution in [3.05, 3.63) is 15.8 Å². The molecule has 8 nitrogen and oxygen atoms in total. The van der Waals surface area contributed by atoms with Crippen LogP contribution in [-0.2, 0) is 0 Å². The van der Waals surface area contributed by atoms with Crippen molar-refractivity contribution in [3.63, 3.8) is 0 Å². The summed E-state index contributed by atoms with van der Waals surface area (Å²) in [5.41, 5.74) is 5.42. The first kappa shape index (κ1) is 12.1. The Kier molecular flexibility index (Phi) is 3.95. The van der Waals surface area contributed by atoms with Crippen molar-refractivity contribution in [1.29, 1.82) is 0 Å². The molecule has 0 unspecified atom stereocenters. The number of anilines is 2. The Balaban J connectivity index is 2.99. The van der Waals surface area contributed by atoms with Gasteiger partial charge in [0.25, 0.3) is 0 Å². The van der Waals surface area contributed by atoms with Crippen LogP contribution in [0.3, 0.4) is 0 Å². The van der Waals surface area contributed by atoms with E-state index >= 15 is 0 Å². The van der Waals surface area contributed by atoms with Crippen molar-refractivity contribution >= 4 is 17.5 Å². The summed E-state index contributed by atoms with van der Waals surface area (Å²) in [6.07, 6.45) is 0.472. The van der Waals surface area contributed by atoms with Crippen LogP contribution in [0.25, 0.3) is 0 Å². The van der Waals surface area contributed by atoms with Gasteiger partial charge in [-0.1, -0.05) is 0 Å². The lowest BCUT2D eigenvalue weighted by Gasteiger charge is -2.07. The number of nitro groups is 1. The van der Waals surface area contributed by atoms with Gasteiger partial charge in [0.1, 0.15) is 5.69 Å². The van der Waals surface area contributed by atoms with Crippen molar-refractivity contribution < 1.29 is 10.0 Å². The molecule has 1 aromatic rings. The number of hydrogen-bond donors (Lipinski definition) is 3. The monoisotopic (exact) mass is 227 g/mol. The molecule has 0 aliphatic carbocycles. The van der Waals surface area contributed by atoms with E-state index in [9.17, 15) is 10.1 Å². The zero-order valence-corrected chi connectivity index (χ0v) is 8.80. The van der Waals surface area contributed by atoms with Gasteiger partial charge < -0.3 is 16.2 Å². The van der Waals surface area contributed by atoms with E-state index in [0.29, 0.717) is 13.0 Å². The number of nitrogens with two attached hydrogens (primary N) is 1. The standard InChI is InChI=1S/C8H13N5O3/c1-5-6(13(15)16)7(10-3-2-4-14)12-8(9)11-5/h14H,2-4H2,1H3,(H3,9,10,11,12). The summed E-state index contributed by atoms with van der Waals surface area (Å²) in [4.78, 5) is 17.7. The quantitative estimate of drug-likeness (QED) is 0.369. The number of nitrogens with one attached hydrogen (secondary N) is 1. The lowest BCUT2D eigenvalue weighted by atomic mass is 10.3. The molecule has 1 heterocycles. The Labute approximate surface area is 91.7 Å². The zero-order chi connectivity index (χ0) is 12.1. The number of nitrogen functional groups attached to an aromatic ring is 1. The van der Waals surface area contributed by atoms with Crippen LogP contribution in [0, 0.1) is 17.0 Å². The van der Waals surface area contributed by atoms with Crippen molar-refractivity contribution in [3.8, 4) is 0 Å². The van der Waals surface area contributed by atoms with Gasteiger partial charge in [0, 0.05) is 13.2 Å². The summed E-state index contributed by atoms with van der Waals surface area (Å²) < 4.78 is 0. The van der Waals surface area contributed by atoms with Crippen LogP contribution in [0.2, 0.25) is 0 Å². The molecule has 0 saturated heterocycles. The molecule has 1 aromatic heterocycles. The number of hydrogen-bond acceptors (Lipinski definition) is 7. The Hall–Kier alpha value is -1.96. The number of aryl methyl sites for hydroxylation is 1. The third-order valence-electron chi connectivity index (χ3n) is 1.89. The minimum atomic E-state index is -0.559. The number of aromatic nitrogens is 2. The SMILES string of the molecule is Cc1nc(N)nc(NCCCO)c1[N+](=O)[O-]. The van der Waals surface area contributed by atoms with E-state index in [2.05, 4.69) is 15.3 Å². The van der Waals surface area contributed by atoms with Gasteiger partial charge in [0.2, 0.25) is 11.8 Å². The van der Waals surface area contributed by atoms with Crippen molar-refractivity contribution in [2.75, 3.05) is 24.2 Å². The highest BCUT2D eigenvalue weighted by molar-refractivity contribution is 5.60. The second-order valence-electron chi connectivity index (χ2n) is 3.13. The lowest BCUT2D eigenvalue weighted by Crippen LogP contribution is -2.11. The molecule has 0 radical (unpaired) electrons. The van der Waals surface area contributed by atoms with Gasteiger partial charge in [0.05, 0.1) is 4.92 Å². The molecule has 0 aromatic carbocycles. The van der Waals surface area contributed by atoms with E-state index in [0.717, 1.165) is 0 Å². The molecule has 4 N–H and O–H groups in total. The fourth-order valence-electron chi connectivity index (χ4n) is 1.22. The second-order valence-corrected chi connectivity index (χ2v) is 3.13. The first-order chi connectivity index (χ1) is 7.56. The van der Waals surface area contributed by atoms with Crippen LogP contribution in [-0.4, -0.2) is 33.1 Å². The third kappa shape index (κ3) is 2.76. The Morgan fingerprint density at radius 3 is 2.81 bits per heavy atom. The maximum absolute atomic E-state index is 10.8. The van der Waals surface area contributed by atoms with E-state index < -0.39 is 4.92 Å². The molecule has 1 rings (SSSR count). The average molecular weight is 227 g/mol. The van der Waals surface area contributed by atoms with Gasteiger partial charge in [-0.3, -0.25) is 10.1 Å². The van der Waals surface area contributed by atoms with E-state index in [4.69, 9.17) is 10.8 Å². The Morgan fingerprint density at radius 2 is 2.25 bits per heavy atom. The molecular formula is C8H13N5O3. The largest absolute Gasteiger partial charge is 0.396 e. The van der Waals surface area contributed by atoms with Crippen LogP contribution < -0.4 is 11.1 Å². The molecule has 0 amide bonds. The van der Waals surface area contributed by atoms with E-state index in [1.807, 2.05) is 0 Å². The molecule has 0 aliphatic heterocycles. The Bertz CT molecular complexity index is 396. The predicted molar refractivity (Wildman–Crippen MR) is 58.0 cm³/mol. The van der Waals surface area contributed by atoms with Crippen molar-refractivity contribution in [2.24, 2.45) is 0 Å². The number of rotatable bonds is 5. The van der Waals surface area contributed by atoms with Crippen LogP contribution >= 0.6 is 0 Å². The summed E-state index contributed by atoms with van der Waals surface area (Å²) in [7, 11) is 0. The molecule has 16 heavy (non-hydrogen) atoms. The normalized spacial score (nSPS) is 10.1. The predicted octanol–water partition coefficient (Wildman–Crippen LogP) is 0.0697. The highest BCUT2D eigenvalue weighted by Gasteiger charge is 2.20. The van der Waals surface area contributed by atoms with Gasteiger partial charge in [-0.15, -0.1) is 0 Å². The number of aliphatic hydroxyl groups is 1. The summed E-state index contributed by atoms with van der Waals surface area (Å²) in [5.74, 6) is 0.0676. The van der Waals surface area contributed by atoms with Crippen LogP contribution in [0.4, 0.5) is 17.5 Å². The second kappa shape index (κ2) is 5.21. The minimum Gasteiger partial charge on any atom is -0.396 e. The maximum Gasteiger partial charge on any atom is 0.332 e. The first-order valence-electron chi connectivity index (χ1n) is 4.69. The maximum atomic E-state index is 10.8. The summed E-state index contributed by atoms with van der Waals surface area (Å²) >= 11 is 0. The van der Waals surface area contributed by atoms with E-state index in [1.54, 1.807) is 0 Å². The summed E-state index contributed by atoms with van der Waals surface area (Å²) in [5, 5.41) is 22.1. The number of nitrogens with zero attached hydrogens (tertiary/aromatic N) is 3. The lowest BCUT2D eigenvalue weighted by molar-refractivity contribution is -0.385. The van der Waals surface area contributed by atoms with Gasteiger partial charge in [0.15, 0.2) is 0 Å². The Morgan fingerprint density at radius 1 is 1.56 bits per heavy atom. The van der Waals surface area contributed by atoms with Gasteiger partial charge in [-0.2, -0.15) is 4.98 Å². The third-order valence-corrected chi connectivity index (χ3v) is 1.89. The average Bonchev–Trinajstić information content (AvgIpc) is 2.16. The molecular weight excluding hydrogens is 214 g/mol. The topological polar surface area (TPSA) is 127 Å². The van der Waals surface area contributed by atoms with Crippen LogP contribution in [0.15, 0.2) is 0 Å². The molecule has 0 aliphatic rings. The molecule has 0 fully saturated rings. The molecule has 0 bridgehead atoms. The summed E-state index contributed by atoms with van der Waals surface area (Å²) in [6.45, 7) is 1.88. The van der Waals surface area contributed by atoms with Gasteiger partial charge in [-0.25, -0.2) is 4.98 Å². The van der Waals surface area contributed by atoms with E-state index in [-0.39, 0.29) is 29.8 Å². The molecule has 0 saturated carbocycles. The molecule has 0 atom stereocenters. The van der Waals surface area contributed by atoms with Crippen molar-refractivity contribution in [2.45, 2.75) is 13.3 Å². The molecule has 8 heteroatoms. The van der Waals surface area contributed by atoms with Crippen LogP contribution in [0.5, 0.6) is 0 Å². The highest BCUT2D eigenvalue weighted by Crippen LogP contribution is 2.25. The summed E-state index contributed by atoms with van der Waals surface area (Å²) in [6, 6.07) is 0. The minimum absolute atomic E-state index is 0.000343. The van der Waals surface area contributed by atoms with E-state index in [1.165, 1.54) is 6.92 Å². The highest BCUT2D eigenvalue weighted by atomic mass is 16.6. The zero-order valence-electron chi connectivity index (χ0n) is 8.80. The van der Waals surface area contributed by atoms with Crippen LogP contribution in [0.1, 0.15) is 12.1 Å². The molecule has 88 valence electrons. The fraction of sp³-hybridized carbons (Fsp3) is 0.500.